The third-order valence-electron chi connectivity index (χ3n) is 6.68. The molecule has 1 heterocycles. The summed E-state index contributed by atoms with van der Waals surface area (Å²) >= 11 is 0. The molecule has 0 spiro atoms. The second-order valence-corrected chi connectivity index (χ2v) is 10.7. The van der Waals surface area contributed by atoms with Crippen LogP contribution >= 0.6 is 0 Å². The minimum Gasteiger partial charge on any atom is -0.491 e. The van der Waals surface area contributed by atoms with E-state index in [1.807, 2.05) is 13.8 Å². The van der Waals surface area contributed by atoms with Crippen molar-refractivity contribution in [3.8, 4) is 5.75 Å². The number of ether oxygens (including phenoxy) is 1. The van der Waals surface area contributed by atoms with Crippen molar-refractivity contribution in [1.82, 2.24) is 21.3 Å². The molecule has 0 fully saturated rings. The molecule has 41 heavy (non-hydrogen) atoms. The van der Waals surface area contributed by atoms with Crippen molar-refractivity contribution >= 4 is 29.5 Å². The molecule has 6 N–H and O–H groups in total. The van der Waals surface area contributed by atoms with Crippen LogP contribution < -0.4 is 31.7 Å². The highest BCUT2D eigenvalue weighted by Gasteiger charge is 2.31. The highest BCUT2D eigenvalue weighted by Crippen LogP contribution is 2.23. The van der Waals surface area contributed by atoms with Gasteiger partial charge in [-0.15, -0.1) is 0 Å². The standard InChI is InChI=1S/C29H36FN5O6/c1-17-15-41-23-7-5-4-6-20(23)26(38)35-22(14-25(37)34-21(28(40)33-17)12-13-24(31)36)27(39)32-16-29(2,3)18-8-10-19(30)11-9-18/h4-11,17,21-22H,12-16H2,1-3H3,(H2,31,36)(H,32,39)(H,33,40)(H,34,37)(H,35,38)/t17-,21+,22+/m1/s1. The summed E-state index contributed by atoms with van der Waals surface area (Å²) in [6.07, 6.45) is -0.707. The molecular weight excluding hydrogens is 533 g/mol. The van der Waals surface area contributed by atoms with E-state index in [0.717, 1.165) is 5.56 Å². The molecule has 11 nitrogen and oxygen atoms in total. The third-order valence-corrected chi connectivity index (χ3v) is 6.68. The second kappa shape index (κ2) is 13.7. The highest BCUT2D eigenvalue weighted by molar-refractivity contribution is 6.01. The van der Waals surface area contributed by atoms with Gasteiger partial charge in [0.25, 0.3) is 5.91 Å². The summed E-state index contributed by atoms with van der Waals surface area (Å²) in [6.45, 7) is 5.53. The maximum absolute atomic E-state index is 13.4. The van der Waals surface area contributed by atoms with Crippen LogP contribution in [0.5, 0.6) is 5.75 Å². The molecule has 0 bridgehead atoms. The highest BCUT2D eigenvalue weighted by atomic mass is 19.1. The number of rotatable bonds is 7. The Morgan fingerprint density at radius 3 is 2.41 bits per heavy atom. The monoisotopic (exact) mass is 569 g/mol. The van der Waals surface area contributed by atoms with Crippen LogP contribution in [0.3, 0.4) is 0 Å². The lowest BCUT2D eigenvalue weighted by molar-refractivity contribution is -0.131. The lowest BCUT2D eigenvalue weighted by Gasteiger charge is -2.28. The maximum atomic E-state index is 13.4. The smallest absolute Gasteiger partial charge is 0.255 e. The van der Waals surface area contributed by atoms with Crippen LogP contribution in [0, 0.1) is 5.82 Å². The van der Waals surface area contributed by atoms with E-state index in [4.69, 9.17) is 10.5 Å². The zero-order valence-corrected chi connectivity index (χ0v) is 23.3. The summed E-state index contributed by atoms with van der Waals surface area (Å²) in [5, 5.41) is 10.7. The first-order chi connectivity index (χ1) is 19.4. The average Bonchev–Trinajstić information content (AvgIpc) is 2.92. The molecule has 5 amide bonds. The molecule has 0 unspecified atom stereocenters. The molecule has 220 valence electrons. The second-order valence-electron chi connectivity index (χ2n) is 10.7. The van der Waals surface area contributed by atoms with E-state index in [1.165, 1.54) is 18.2 Å². The van der Waals surface area contributed by atoms with Crippen LogP contribution in [0.1, 0.15) is 56.0 Å². The number of halogens is 1. The number of hydrogen-bond donors (Lipinski definition) is 5. The third kappa shape index (κ3) is 9.02. The van der Waals surface area contributed by atoms with Crippen LogP contribution in [0.2, 0.25) is 0 Å². The number of benzene rings is 2. The van der Waals surface area contributed by atoms with Crippen LogP contribution in [-0.4, -0.2) is 60.8 Å². The predicted octanol–water partition coefficient (Wildman–Crippen LogP) is 1.06. The lowest BCUT2D eigenvalue weighted by Crippen LogP contribution is -2.54. The molecule has 0 aromatic heterocycles. The van der Waals surface area contributed by atoms with Crippen molar-refractivity contribution in [2.45, 2.75) is 63.6 Å². The topological polar surface area (TPSA) is 169 Å². The summed E-state index contributed by atoms with van der Waals surface area (Å²) in [6, 6.07) is 9.37. The number of para-hydroxylation sites is 1. The molecule has 0 aliphatic carbocycles. The summed E-state index contributed by atoms with van der Waals surface area (Å²) in [5.74, 6) is -3.31. The van der Waals surface area contributed by atoms with Gasteiger partial charge in [0.15, 0.2) is 0 Å². The van der Waals surface area contributed by atoms with E-state index < -0.39 is 59.5 Å². The fourth-order valence-corrected chi connectivity index (χ4v) is 4.25. The molecule has 2 aromatic carbocycles. The van der Waals surface area contributed by atoms with E-state index in [2.05, 4.69) is 21.3 Å². The molecule has 1 aliphatic heterocycles. The van der Waals surface area contributed by atoms with Gasteiger partial charge in [-0.2, -0.15) is 0 Å². The molecule has 2 aromatic rings. The number of amides is 5. The number of hydrogen-bond acceptors (Lipinski definition) is 6. The number of fused-ring (bicyclic) bond motifs is 1. The van der Waals surface area contributed by atoms with Gasteiger partial charge in [0.1, 0.15) is 30.3 Å². The van der Waals surface area contributed by atoms with Gasteiger partial charge in [0, 0.05) is 18.4 Å². The SMILES string of the molecule is C[C@@H]1COc2ccccc2C(=O)N[C@H](C(=O)NCC(C)(C)c2ccc(F)cc2)CC(=O)N[C@@H](CCC(N)=O)C(=O)N1. The molecule has 1 aliphatic rings. The van der Waals surface area contributed by atoms with Gasteiger partial charge in [-0.25, -0.2) is 4.39 Å². The van der Waals surface area contributed by atoms with Gasteiger partial charge in [0.2, 0.25) is 23.6 Å². The predicted molar refractivity (Wildman–Crippen MR) is 148 cm³/mol. The zero-order valence-electron chi connectivity index (χ0n) is 23.3. The normalized spacial score (nSPS) is 20.3. The van der Waals surface area contributed by atoms with Crippen LogP contribution in [-0.2, 0) is 24.6 Å². The Bertz CT molecular complexity index is 1280. The number of nitrogens with one attached hydrogen (secondary N) is 4. The van der Waals surface area contributed by atoms with Gasteiger partial charge in [-0.3, -0.25) is 24.0 Å². The van der Waals surface area contributed by atoms with Crippen molar-refractivity contribution in [1.29, 1.82) is 0 Å². The molecule has 3 atom stereocenters. The minimum absolute atomic E-state index is 0.00883. The molecular formula is C29H36FN5O6. The zero-order chi connectivity index (χ0) is 30.2. The van der Waals surface area contributed by atoms with Crippen molar-refractivity contribution in [2.24, 2.45) is 5.73 Å². The van der Waals surface area contributed by atoms with Crippen molar-refractivity contribution < 1.29 is 33.1 Å². The van der Waals surface area contributed by atoms with E-state index >= 15 is 0 Å². The minimum atomic E-state index is -1.32. The van der Waals surface area contributed by atoms with Crippen molar-refractivity contribution in [3.05, 3.63) is 65.5 Å². The molecule has 0 saturated carbocycles. The molecule has 12 heteroatoms. The summed E-state index contributed by atoms with van der Waals surface area (Å²) in [4.78, 5) is 64.0. The summed E-state index contributed by atoms with van der Waals surface area (Å²) in [7, 11) is 0. The number of nitrogens with two attached hydrogens (primary N) is 1. The number of carbonyl (C=O) groups excluding carboxylic acids is 5. The first-order valence-electron chi connectivity index (χ1n) is 13.3. The first kappa shape index (κ1) is 31.1. The van der Waals surface area contributed by atoms with E-state index in [0.29, 0.717) is 0 Å². The van der Waals surface area contributed by atoms with Gasteiger partial charge >= 0.3 is 0 Å². The van der Waals surface area contributed by atoms with Crippen LogP contribution in [0.15, 0.2) is 48.5 Å². The Hall–Kier alpha value is -4.48. The first-order valence-corrected chi connectivity index (χ1v) is 13.3. The average molecular weight is 570 g/mol. The van der Waals surface area contributed by atoms with Gasteiger partial charge in [-0.05, 0) is 43.2 Å². The Morgan fingerprint density at radius 1 is 1.05 bits per heavy atom. The Kier molecular flexibility index (Phi) is 10.4. The van der Waals surface area contributed by atoms with Crippen LogP contribution in [0.4, 0.5) is 4.39 Å². The fourth-order valence-electron chi connectivity index (χ4n) is 4.25. The number of carbonyl (C=O) groups is 5. The van der Waals surface area contributed by atoms with E-state index in [9.17, 15) is 28.4 Å². The molecule has 3 rings (SSSR count). The van der Waals surface area contributed by atoms with E-state index in [-0.39, 0.29) is 43.1 Å². The summed E-state index contributed by atoms with van der Waals surface area (Å²) in [5.41, 5.74) is 5.56. The summed E-state index contributed by atoms with van der Waals surface area (Å²) < 4.78 is 19.2. The number of primary amides is 1. The molecule has 0 saturated heterocycles. The largest absolute Gasteiger partial charge is 0.491 e. The lowest BCUT2D eigenvalue weighted by atomic mass is 9.84. The van der Waals surface area contributed by atoms with Gasteiger partial charge in [-0.1, -0.05) is 38.1 Å². The Balaban J connectivity index is 1.86. The maximum Gasteiger partial charge on any atom is 0.255 e. The Labute approximate surface area is 237 Å². The van der Waals surface area contributed by atoms with Crippen LogP contribution in [0.25, 0.3) is 0 Å². The van der Waals surface area contributed by atoms with E-state index in [1.54, 1.807) is 37.3 Å². The fraction of sp³-hybridized carbons (Fsp3) is 0.414. The quantitative estimate of drug-likeness (QED) is 0.334. The van der Waals surface area contributed by atoms with Crippen molar-refractivity contribution in [2.75, 3.05) is 13.2 Å². The van der Waals surface area contributed by atoms with Crippen molar-refractivity contribution in [3.63, 3.8) is 0 Å². The molecule has 0 radical (unpaired) electrons. The van der Waals surface area contributed by atoms with Gasteiger partial charge < -0.3 is 31.7 Å². The Morgan fingerprint density at radius 2 is 1.73 bits per heavy atom. The van der Waals surface area contributed by atoms with Gasteiger partial charge in [0.05, 0.1) is 18.0 Å².